The van der Waals surface area contributed by atoms with Gasteiger partial charge in [-0.25, -0.2) is 4.79 Å². The van der Waals surface area contributed by atoms with Crippen molar-refractivity contribution in [2.45, 2.75) is 71.8 Å². The van der Waals surface area contributed by atoms with Crippen LogP contribution in [0.4, 0.5) is 0 Å². The van der Waals surface area contributed by atoms with E-state index in [0.29, 0.717) is 29.9 Å². The fourth-order valence-corrected chi connectivity index (χ4v) is 4.11. The molecule has 0 fully saturated rings. The van der Waals surface area contributed by atoms with Gasteiger partial charge in [0.25, 0.3) is 0 Å². The van der Waals surface area contributed by atoms with Crippen molar-refractivity contribution in [1.29, 1.82) is 5.26 Å². The topological polar surface area (TPSA) is 59.3 Å². The van der Waals surface area contributed by atoms with Gasteiger partial charge in [0.05, 0.1) is 17.7 Å². The lowest BCUT2D eigenvalue weighted by Gasteiger charge is -2.17. The molecule has 0 spiro atoms. The molecule has 188 valence electrons. The predicted molar refractivity (Wildman–Crippen MR) is 145 cm³/mol. The number of benzene rings is 3. The van der Waals surface area contributed by atoms with Gasteiger partial charge < -0.3 is 9.47 Å². The van der Waals surface area contributed by atoms with Gasteiger partial charge in [0.15, 0.2) is 0 Å². The third-order valence-electron chi connectivity index (χ3n) is 6.35. The molecule has 0 aromatic heterocycles. The van der Waals surface area contributed by atoms with Gasteiger partial charge in [0.1, 0.15) is 17.9 Å². The standard InChI is InChI=1S/C32H37NO3/c1-4-7-9-10-24-11-13-25(14-12-24)26-15-17-27(18-16-26)30(6-3)36-32(34)28-19-20-31(29(22-28)23-33)35-21-8-5-2/h11-20,22,30H,4-10,21H2,1-3H3. The molecule has 0 heterocycles. The molecule has 0 radical (unpaired) electrons. The van der Waals surface area contributed by atoms with E-state index in [9.17, 15) is 10.1 Å². The Hall–Kier alpha value is -3.58. The maximum absolute atomic E-state index is 12.9. The van der Waals surface area contributed by atoms with E-state index in [1.54, 1.807) is 18.2 Å². The van der Waals surface area contributed by atoms with Gasteiger partial charge in [0, 0.05) is 0 Å². The third kappa shape index (κ3) is 7.46. The molecule has 0 N–H and O–H groups in total. The van der Waals surface area contributed by atoms with Crippen LogP contribution in [0.25, 0.3) is 11.1 Å². The number of hydrogen-bond donors (Lipinski definition) is 0. The van der Waals surface area contributed by atoms with Crippen molar-refractivity contribution in [2.24, 2.45) is 0 Å². The van der Waals surface area contributed by atoms with E-state index < -0.39 is 5.97 Å². The number of unbranched alkanes of at least 4 members (excludes halogenated alkanes) is 3. The van der Waals surface area contributed by atoms with Crippen LogP contribution in [0.5, 0.6) is 5.75 Å². The van der Waals surface area contributed by atoms with Crippen LogP contribution >= 0.6 is 0 Å². The normalized spacial score (nSPS) is 11.5. The Morgan fingerprint density at radius 2 is 1.53 bits per heavy atom. The van der Waals surface area contributed by atoms with Gasteiger partial charge >= 0.3 is 5.97 Å². The summed E-state index contributed by atoms with van der Waals surface area (Å²) in [5.41, 5.74) is 5.33. The molecule has 0 bridgehead atoms. The summed E-state index contributed by atoms with van der Waals surface area (Å²) in [4.78, 5) is 12.9. The van der Waals surface area contributed by atoms with E-state index >= 15 is 0 Å². The number of ether oxygens (including phenoxy) is 2. The number of nitrogens with zero attached hydrogens (tertiary/aromatic N) is 1. The minimum absolute atomic E-state index is 0.342. The fourth-order valence-electron chi connectivity index (χ4n) is 4.11. The molecule has 1 unspecified atom stereocenters. The predicted octanol–water partition coefficient (Wildman–Crippen LogP) is 8.44. The minimum Gasteiger partial charge on any atom is -0.492 e. The van der Waals surface area contributed by atoms with Crippen molar-refractivity contribution >= 4 is 5.97 Å². The lowest BCUT2D eigenvalue weighted by atomic mass is 9.99. The van der Waals surface area contributed by atoms with Crippen molar-refractivity contribution in [3.05, 3.63) is 89.0 Å². The molecular formula is C32H37NO3. The molecular weight excluding hydrogens is 446 g/mol. The van der Waals surface area contributed by atoms with Crippen LogP contribution in [0, 0.1) is 11.3 Å². The summed E-state index contributed by atoms with van der Waals surface area (Å²) in [7, 11) is 0. The maximum Gasteiger partial charge on any atom is 0.338 e. The van der Waals surface area contributed by atoms with Crippen molar-refractivity contribution in [2.75, 3.05) is 6.61 Å². The Morgan fingerprint density at radius 1 is 0.861 bits per heavy atom. The third-order valence-corrected chi connectivity index (χ3v) is 6.35. The summed E-state index contributed by atoms with van der Waals surface area (Å²) in [5.74, 6) is 0.0559. The molecule has 0 aliphatic rings. The quantitative estimate of drug-likeness (QED) is 0.181. The monoisotopic (exact) mass is 483 g/mol. The number of esters is 1. The minimum atomic E-state index is -0.443. The number of hydrogen-bond acceptors (Lipinski definition) is 4. The Labute approximate surface area is 215 Å². The van der Waals surface area contributed by atoms with Crippen LogP contribution in [0.15, 0.2) is 66.7 Å². The average molecular weight is 484 g/mol. The van der Waals surface area contributed by atoms with E-state index in [1.807, 2.05) is 19.1 Å². The molecule has 3 aromatic carbocycles. The van der Waals surface area contributed by atoms with Crippen LogP contribution in [-0.4, -0.2) is 12.6 Å². The van der Waals surface area contributed by atoms with Crippen molar-refractivity contribution in [3.63, 3.8) is 0 Å². The van der Waals surface area contributed by atoms with Crippen molar-refractivity contribution in [3.8, 4) is 22.9 Å². The molecule has 0 amide bonds. The first-order chi connectivity index (χ1) is 17.6. The average Bonchev–Trinajstić information content (AvgIpc) is 2.92. The van der Waals surface area contributed by atoms with Crippen LogP contribution in [0.1, 0.15) is 92.4 Å². The van der Waals surface area contributed by atoms with Crippen LogP contribution in [0.2, 0.25) is 0 Å². The zero-order chi connectivity index (χ0) is 25.8. The molecule has 0 saturated heterocycles. The van der Waals surface area contributed by atoms with E-state index in [-0.39, 0.29) is 6.10 Å². The molecule has 3 rings (SSSR count). The van der Waals surface area contributed by atoms with Gasteiger partial charge in [-0.1, -0.05) is 88.6 Å². The SMILES string of the molecule is CCCCCc1ccc(-c2ccc(C(CC)OC(=O)c3ccc(OCCCC)c(C#N)c3)cc2)cc1. The smallest absolute Gasteiger partial charge is 0.338 e. The lowest BCUT2D eigenvalue weighted by Crippen LogP contribution is -2.11. The zero-order valence-electron chi connectivity index (χ0n) is 21.8. The molecule has 4 nitrogen and oxygen atoms in total. The van der Waals surface area contributed by atoms with Gasteiger partial charge in [-0.3, -0.25) is 0 Å². The van der Waals surface area contributed by atoms with Gasteiger partial charge in [-0.2, -0.15) is 5.26 Å². The van der Waals surface area contributed by atoms with Gasteiger partial charge in [-0.05, 0) is 66.1 Å². The molecule has 1 atom stereocenters. The van der Waals surface area contributed by atoms with E-state index in [4.69, 9.17) is 9.47 Å². The summed E-state index contributed by atoms with van der Waals surface area (Å²) in [5, 5.41) is 9.49. The molecule has 4 heteroatoms. The first kappa shape index (κ1) is 27.0. The second-order valence-electron chi connectivity index (χ2n) is 9.10. The Kier molecular flexibility index (Phi) is 10.6. The van der Waals surface area contributed by atoms with E-state index in [0.717, 1.165) is 30.4 Å². The second-order valence-corrected chi connectivity index (χ2v) is 9.10. The Morgan fingerprint density at radius 3 is 2.14 bits per heavy atom. The van der Waals surface area contributed by atoms with Gasteiger partial charge in [-0.15, -0.1) is 0 Å². The summed E-state index contributed by atoms with van der Waals surface area (Å²) in [6.45, 7) is 6.85. The summed E-state index contributed by atoms with van der Waals surface area (Å²) in [6.07, 6.45) is 7.08. The number of carbonyl (C=O) groups is 1. The molecule has 36 heavy (non-hydrogen) atoms. The largest absolute Gasteiger partial charge is 0.492 e. The summed E-state index contributed by atoms with van der Waals surface area (Å²) >= 11 is 0. The lowest BCUT2D eigenvalue weighted by molar-refractivity contribution is 0.0288. The maximum atomic E-state index is 12.9. The van der Waals surface area contributed by atoms with Gasteiger partial charge in [0.2, 0.25) is 0 Å². The molecule has 0 aliphatic heterocycles. The highest BCUT2D eigenvalue weighted by Crippen LogP contribution is 2.28. The first-order valence-electron chi connectivity index (χ1n) is 13.2. The first-order valence-corrected chi connectivity index (χ1v) is 13.2. The Bertz CT molecular complexity index is 1140. The molecule has 0 saturated carbocycles. The highest BCUT2D eigenvalue weighted by molar-refractivity contribution is 5.90. The summed E-state index contributed by atoms with van der Waals surface area (Å²) < 4.78 is 11.5. The van der Waals surface area contributed by atoms with Crippen molar-refractivity contribution in [1.82, 2.24) is 0 Å². The number of aryl methyl sites for hydroxylation is 1. The van der Waals surface area contributed by atoms with Crippen LogP contribution in [-0.2, 0) is 11.2 Å². The molecule has 0 aliphatic carbocycles. The second kappa shape index (κ2) is 14.1. The Balaban J connectivity index is 1.65. The van der Waals surface area contributed by atoms with Crippen LogP contribution in [0.3, 0.4) is 0 Å². The van der Waals surface area contributed by atoms with Crippen molar-refractivity contribution < 1.29 is 14.3 Å². The van der Waals surface area contributed by atoms with Crippen LogP contribution < -0.4 is 4.74 Å². The molecule has 3 aromatic rings. The highest BCUT2D eigenvalue weighted by Gasteiger charge is 2.18. The number of nitriles is 1. The summed E-state index contributed by atoms with van der Waals surface area (Å²) in [6, 6.07) is 24.0. The van der Waals surface area contributed by atoms with E-state index in [2.05, 4.69) is 56.3 Å². The number of carbonyl (C=O) groups excluding carboxylic acids is 1. The van der Waals surface area contributed by atoms with E-state index in [1.165, 1.54) is 30.4 Å². The fraction of sp³-hybridized carbons (Fsp3) is 0.375. The number of rotatable bonds is 13. The zero-order valence-corrected chi connectivity index (χ0v) is 21.8. The highest BCUT2D eigenvalue weighted by atomic mass is 16.5.